The number of benzene rings is 1. The van der Waals surface area contributed by atoms with Crippen molar-refractivity contribution in [2.45, 2.75) is 13.8 Å². The maximum Gasteiger partial charge on any atom is 0.256 e. The van der Waals surface area contributed by atoms with Gasteiger partial charge in [-0.15, -0.1) is 11.3 Å². The summed E-state index contributed by atoms with van der Waals surface area (Å²) in [5.74, 6) is 0.941. The number of ether oxygens (including phenoxy) is 2. The molecule has 22 heavy (non-hydrogen) atoms. The molecule has 0 unspecified atom stereocenters. The average Bonchev–Trinajstić information content (AvgIpc) is 2.80. The lowest BCUT2D eigenvalue weighted by Gasteiger charge is -2.18. The highest BCUT2D eigenvalue weighted by molar-refractivity contribution is 7.16. The number of carbonyl (C=O) groups is 1. The fraction of sp³-hybridized carbons (Fsp3) is 0.250. The minimum Gasteiger partial charge on any atom is -0.486 e. The minimum atomic E-state index is -0.269. The van der Waals surface area contributed by atoms with Crippen molar-refractivity contribution in [3.8, 4) is 17.6 Å². The number of hydrogen-bond acceptors (Lipinski definition) is 5. The van der Waals surface area contributed by atoms with Crippen LogP contribution in [0.5, 0.6) is 11.5 Å². The number of thiophene rings is 1. The van der Waals surface area contributed by atoms with Crippen molar-refractivity contribution in [2.75, 3.05) is 18.5 Å². The van der Waals surface area contributed by atoms with Crippen LogP contribution < -0.4 is 14.8 Å². The Morgan fingerprint density at radius 1 is 1.27 bits per heavy atom. The Labute approximate surface area is 132 Å². The first kappa shape index (κ1) is 14.4. The third-order valence-electron chi connectivity index (χ3n) is 3.53. The Hall–Kier alpha value is -2.52. The molecule has 0 atom stereocenters. The van der Waals surface area contributed by atoms with E-state index in [4.69, 9.17) is 9.47 Å². The zero-order chi connectivity index (χ0) is 15.7. The smallest absolute Gasteiger partial charge is 0.256 e. The Balaban J connectivity index is 1.86. The van der Waals surface area contributed by atoms with Crippen molar-refractivity contribution in [2.24, 2.45) is 0 Å². The van der Waals surface area contributed by atoms with Crippen molar-refractivity contribution in [1.29, 1.82) is 5.26 Å². The summed E-state index contributed by atoms with van der Waals surface area (Å²) in [7, 11) is 0. The molecule has 1 aliphatic rings. The number of aryl methyl sites for hydroxylation is 1. The molecule has 1 aliphatic heterocycles. The van der Waals surface area contributed by atoms with Gasteiger partial charge in [-0.05, 0) is 37.6 Å². The number of nitrogens with zero attached hydrogens (tertiary/aromatic N) is 1. The van der Waals surface area contributed by atoms with E-state index in [2.05, 4.69) is 11.4 Å². The molecule has 1 aromatic carbocycles. The normalized spacial score (nSPS) is 12.6. The van der Waals surface area contributed by atoms with Crippen molar-refractivity contribution >= 4 is 22.2 Å². The van der Waals surface area contributed by atoms with Crippen LogP contribution in [-0.4, -0.2) is 19.1 Å². The monoisotopic (exact) mass is 314 g/mol. The van der Waals surface area contributed by atoms with E-state index in [0.29, 0.717) is 40.8 Å². The SMILES string of the molecule is Cc1sc(NC(=O)c2ccc3c(c2)OCCO3)c(C#N)c1C. The third-order valence-corrected chi connectivity index (χ3v) is 4.65. The van der Waals surface area contributed by atoms with E-state index in [9.17, 15) is 10.1 Å². The number of carbonyl (C=O) groups excluding carboxylic acids is 1. The van der Waals surface area contributed by atoms with E-state index in [1.807, 2.05) is 13.8 Å². The van der Waals surface area contributed by atoms with Crippen molar-refractivity contribution in [3.05, 3.63) is 39.8 Å². The Morgan fingerprint density at radius 2 is 2.00 bits per heavy atom. The Morgan fingerprint density at radius 3 is 2.73 bits per heavy atom. The lowest BCUT2D eigenvalue weighted by atomic mass is 10.1. The van der Waals surface area contributed by atoms with Crippen LogP contribution in [-0.2, 0) is 0 Å². The summed E-state index contributed by atoms with van der Waals surface area (Å²) < 4.78 is 10.9. The van der Waals surface area contributed by atoms with Crippen LogP contribution in [0.2, 0.25) is 0 Å². The van der Waals surface area contributed by atoms with E-state index < -0.39 is 0 Å². The third kappa shape index (κ3) is 2.51. The van der Waals surface area contributed by atoms with Crippen molar-refractivity contribution in [3.63, 3.8) is 0 Å². The second kappa shape index (κ2) is 5.70. The van der Waals surface area contributed by atoms with Gasteiger partial charge in [-0.3, -0.25) is 4.79 Å². The summed E-state index contributed by atoms with van der Waals surface area (Å²) in [4.78, 5) is 13.4. The molecule has 0 bridgehead atoms. The first-order chi connectivity index (χ1) is 10.6. The Kier molecular flexibility index (Phi) is 3.73. The Bertz CT molecular complexity index is 789. The molecule has 2 heterocycles. The second-order valence-corrected chi connectivity index (χ2v) is 6.14. The summed E-state index contributed by atoms with van der Waals surface area (Å²) in [6.45, 7) is 4.79. The van der Waals surface area contributed by atoms with Crippen molar-refractivity contribution in [1.82, 2.24) is 0 Å². The highest BCUT2D eigenvalue weighted by Crippen LogP contribution is 2.33. The fourth-order valence-electron chi connectivity index (χ4n) is 2.21. The minimum absolute atomic E-state index is 0.269. The molecule has 1 amide bonds. The van der Waals surface area contributed by atoms with Gasteiger partial charge in [0.1, 0.15) is 24.3 Å². The van der Waals surface area contributed by atoms with E-state index in [0.717, 1.165) is 10.4 Å². The summed E-state index contributed by atoms with van der Waals surface area (Å²) >= 11 is 1.41. The predicted octanol–water partition coefficient (Wildman–Crippen LogP) is 3.26. The molecule has 1 aromatic heterocycles. The topological polar surface area (TPSA) is 71.3 Å². The van der Waals surface area contributed by atoms with Gasteiger partial charge in [0.15, 0.2) is 11.5 Å². The number of fused-ring (bicyclic) bond motifs is 1. The average molecular weight is 314 g/mol. The van der Waals surface area contributed by atoms with Gasteiger partial charge in [0.25, 0.3) is 5.91 Å². The van der Waals surface area contributed by atoms with Crippen LogP contribution in [0.15, 0.2) is 18.2 Å². The molecule has 0 radical (unpaired) electrons. The van der Waals surface area contributed by atoms with Gasteiger partial charge in [0.05, 0.1) is 5.56 Å². The van der Waals surface area contributed by atoms with Gasteiger partial charge in [-0.2, -0.15) is 5.26 Å². The quantitative estimate of drug-likeness (QED) is 0.923. The summed E-state index contributed by atoms with van der Waals surface area (Å²) in [6.07, 6.45) is 0. The van der Waals surface area contributed by atoms with Gasteiger partial charge in [0.2, 0.25) is 0 Å². The van der Waals surface area contributed by atoms with E-state index in [-0.39, 0.29) is 5.91 Å². The van der Waals surface area contributed by atoms with E-state index in [1.165, 1.54) is 11.3 Å². The van der Waals surface area contributed by atoms with Crippen LogP contribution in [0.1, 0.15) is 26.4 Å². The second-order valence-electron chi connectivity index (χ2n) is 4.91. The molecule has 1 N–H and O–H groups in total. The zero-order valence-corrected chi connectivity index (χ0v) is 13.0. The molecule has 0 spiro atoms. The van der Waals surface area contributed by atoms with Gasteiger partial charge >= 0.3 is 0 Å². The van der Waals surface area contributed by atoms with E-state index >= 15 is 0 Å². The van der Waals surface area contributed by atoms with Gasteiger partial charge < -0.3 is 14.8 Å². The number of nitriles is 1. The van der Waals surface area contributed by atoms with Crippen LogP contribution >= 0.6 is 11.3 Å². The number of anilines is 1. The molecule has 0 saturated heterocycles. The highest BCUT2D eigenvalue weighted by atomic mass is 32.1. The van der Waals surface area contributed by atoms with E-state index in [1.54, 1.807) is 18.2 Å². The van der Waals surface area contributed by atoms with Crippen LogP contribution in [0.3, 0.4) is 0 Å². The maximum atomic E-state index is 12.4. The first-order valence-electron chi connectivity index (χ1n) is 6.81. The van der Waals surface area contributed by atoms with Crippen LogP contribution in [0.4, 0.5) is 5.00 Å². The molecule has 5 nitrogen and oxygen atoms in total. The molecule has 3 rings (SSSR count). The summed E-state index contributed by atoms with van der Waals surface area (Å²) in [5.41, 5.74) is 1.90. The molecule has 0 fully saturated rings. The largest absolute Gasteiger partial charge is 0.486 e. The summed E-state index contributed by atoms with van der Waals surface area (Å²) in [5, 5.41) is 12.6. The van der Waals surface area contributed by atoms with Crippen molar-refractivity contribution < 1.29 is 14.3 Å². The molecule has 6 heteroatoms. The molecule has 2 aromatic rings. The molecule has 0 aliphatic carbocycles. The molecule has 0 saturated carbocycles. The van der Waals surface area contributed by atoms with Gasteiger partial charge in [-0.1, -0.05) is 0 Å². The number of amides is 1. The predicted molar refractivity (Wildman–Crippen MR) is 83.9 cm³/mol. The van der Waals surface area contributed by atoms with Gasteiger partial charge in [0, 0.05) is 10.4 Å². The summed E-state index contributed by atoms with van der Waals surface area (Å²) in [6, 6.07) is 7.20. The molecular formula is C16H14N2O3S. The number of nitrogens with one attached hydrogen (secondary N) is 1. The lowest BCUT2D eigenvalue weighted by molar-refractivity contribution is 0.102. The lowest BCUT2D eigenvalue weighted by Crippen LogP contribution is -2.17. The number of rotatable bonds is 2. The standard InChI is InChI=1S/C16H14N2O3S/c1-9-10(2)22-16(12(9)8-17)18-15(19)11-3-4-13-14(7-11)21-6-5-20-13/h3-4,7H,5-6H2,1-2H3,(H,18,19). The van der Waals surface area contributed by atoms with Crippen LogP contribution in [0.25, 0.3) is 0 Å². The first-order valence-corrected chi connectivity index (χ1v) is 7.63. The molecular weight excluding hydrogens is 300 g/mol. The zero-order valence-electron chi connectivity index (χ0n) is 12.2. The van der Waals surface area contributed by atoms with Gasteiger partial charge in [-0.25, -0.2) is 0 Å². The van der Waals surface area contributed by atoms with Crippen LogP contribution in [0, 0.1) is 25.2 Å². The molecule has 112 valence electrons. The maximum absolute atomic E-state index is 12.4. The fourth-order valence-corrected chi connectivity index (χ4v) is 3.22. The highest BCUT2D eigenvalue weighted by Gasteiger charge is 2.18. The number of hydrogen-bond donors (Lipinski definition) is 1.